The summed E-state index contributed by atoms with van der Waals surface area (Å²) in [5.41, 5.74) is 7.61. The van der Waals surface area contributed by atoms with Crippen LogP contribution in [-0.4, -0.2) is 58.3 Å². The van der Waals surface area contributed by atoms with E-state index >= 15 is 0 Å². The van der Waals surface area contributed by atoms with E-state index in [4.69, 9.17) is 15.8 Å². The topological polar surface area (TPSA) is 107 Å². The molecule has 6 nitrogen and oxygen atoms in total. The lowest BCUT2D eigenvalue weighted by molar-refractivity contribution is -0.144. The average Bonchev–Trinajstić information content (AvgIpc) is 2.66. The summed E-state index contributed by atoms with van der Waals surface area (Å²) in [6, 6.07) is 8.76. The molecule has 1 aromatic carbocycles. The number of carbonyl (C=O) groups is 1. The van der Waals surface area contributed by atoms with E-state index in [9.17, 15) is 9.90 Å². The van der Waals surface area contributed by atoms with Gasteiger partial charge in [-0.25, -0.2) is 0 Å². The number of likely N-dealkylation sites (tertiary alicyclic amines) is 1. The molecule has 0 amide bonds. The maximum absolute atomic E-state index is 11.7. The second kappa shape index (κ2) is 11.0. The Morgan fingerprint density at radius 2 is 1.82 bits per heavy atom. The molecule has 1 aliphatic heterocycles. The van der Waals surface area contributed by atoms with Gasteiger partial charge in [0.1, 0.15) is 5.54 Å². The molecule has 1 unspecified atom stereocenters. The Kier molecular flexibility index (Phi) is 8.95. The summed E-state index contributed by atoms with van der Waals surface area (Å²) in [6.45, 7) is 4.78. The van der Waals surface area contributed by atoms with Crippen LogP contribution < -0.4 is 5.73 Å². The molecule has 7 heteroatoms. The molecule has 2 rings (SSSR count). The van der Waals surface area contributed by atoms with Crippen molar-refractivity contribution in [1.82, 2.24) is 4.90 Å². The SMILES string of the molecule is Cc1ccc(CC2CCN(CCC(N)(CCCCB(O)O)C(=O)O)CC2)cc1. The van der Waals surface area contributed by atoms with E-state index in [1.165, 1.54) is 11.1 Å². The van der Waals surface area contributed by atoms with Crippen LogP contribution in [0.1, 0.15) is 49.7 Å². The summed E-state index contributed by atoms with van der Waals surface area (Å²) >= 11 is 0. The Labute approximate surface area is 168 Å². The second-order valence-electron chi connectivity index (χ2n) is 8.41. The zero-order valence-corrected chi connectivity index (χ0v) is 17.0. The van der Waals surface area contributed by atoms with Crippen LogP contribution in [0.3, 0.4) is 0 Å². The highest BCUT2D eigenvalue weighted by Gasteiger charge is 2.34. The molecular formula is C21H35BN2O4. The quantitative estimate of drug-likeness (QED) is 0.340. The number of aryl methyl sites for hydroxylation is 1. The number of aliphatic carboxylic acids is 1. The third kappa shape index (κ3) is 7.55. The first-order valence-corrected chi connectivity index (χ1v) is 10.4. The van der Waals surface area contributed by atoms with E-state index in [1.807, 2.05) is 0 Å². The zero-order chi connectivity index (χ0) is 20.6. The van der Waals surface area contributed by atoms with Gasteiger partial charge in [-0.05, 0) is 69.9 Å². The molecule has 0 spiro atoms. The van der Waals surface area contributed by atoms with E-state index < -0.39 is 18.6 Å². The van der Waals surface area contributed by atoms with Crippen molar-refractivity contribution in [3.63, 3.8) is 0 Å². The van der Waals surface area contributed by atoms with Crippen LogP contribution in [0.4, 0.5) is 0 Å². The highest BCUT2D eigenvalue weighted by atomic mass is 16.4. The molecule has 28 heavy (non-hydrogen) atoms. The standard InChI is InChI=1S/C21H35BN2O4/c1-17-4-6-18(7-5-17)16-19-8-13-24(14-9-19)15-11-21(23,20(25)26)10-2-3-12-22(27)28/h4-7,19,27-28H,2-3,8-16,23H2,1H3,(H,25,26). The van der Waals surface area contributed by atoms with E-state index in [0.717, 1.165) is 32.4 Å². The summed E-state index contributed by atoms with van der Waals surface area (Å²) in [4.78, 5) is 14.0. The Hall–Kier alpha value is -1.41. The number of hydrogen-bond acceptors (Lipinski definition) is 5. The van der Waals surface area contributed by atoms with Crippen LogP contribution >= 0.6 is 0 Å². The summed E-state index contributed by atoms with van der Waals surface area (Å²) in [6.07, 6.45) is 5.56. The van der Waals surface area contributed by atoms with Crippen molar-refractivity contribution in [2.75, 3.05) is 19.6 Å². The van der Waals surface area contributed by atoms with Crippen LogP contribution in [0.5, 0.6) is 0 Å². The number of unbranched alkanes of at least 4 members (excludes halogenated alkanes) is 1. The van der Waals surface area contributed by atoms with E-state index in [1.54, 1.807) is 0 Å². The number of rotatable bonds is 11. The van der Waals surface area contributed by atoms with Gasteiger partial charge in [0.05, 0.1) is 0 Å². The lowest BCUT2D eigenvalue weighted by atomic mass is 9.81. The first-order valence-electron chi connectivity index (χ1n) is 10.4. The van der Waals surface area contributed by atoms with Gasteiger partial charge in [0.25, 0.3) is 0 Å². The molecule has 5 N–H and O–H groups in total. The van der Waals surface area contributed by atoms with Crippen molar-refractivity contribution in [2.24, 2.45) is 11.7 Å². The molecular weight excluding hydrogens is 355 g/mol. The average molecular weight is 390 g/mol. The summed E-state index contributed by atoms with van der Waals surface area (Å²) in [7, 11) is -1.33. The first kappa shape index (κ1) is 22.9. The molecule has 0 bridgehead atoms. The molecule has 0 radical (unpaired) electrons. The minimum absolute atomic E-state index is 0.254. The number of carboxylic acid groups (broad SMARTS) is 1. The van der Waals surface area contributed by atoms with Gasteiger partial charge in [-0.3, -0.25) is 4.79 Å². The van der Waals surface area contributed by atoms with Gasteiger partial charge in [-0.15, -0.1) is 0 Å². The Morgan fingerprint density at radius 1 is 1.18 bits per heavy atom. The maximum Gasteiger partial charge on any atom is 0.451 e. The van der Waals surface area contributed by atoms with Crippen LogP contribution in [0.25, 0.3) is 0 Å². The largest absolute Gasteiger partial charge is 0.480 e. The molecule has 0 aromatic heterocycles. The molecule has 1 saturated heterocycles. The van der Waals surface area contributed by atoms with Crippen LogP contribution in [-0.2, 0) is 11.2 Å². The van der Waals surface area contributed by atoms with Gasteiger partial charge in [0.2, 0.25) is 0 Å². The van der Waals surface area contributed by atoms with Crippen molar-refractivity contribution in [1.29, 1.82) is 0 Å². The van der Waals surface area contributed by atoms with Gasteiger partial charge in [-0.2, -0.15) is 0 Å². The first-order chi connectivity index (χ1) is 13.3. The number of benzene rings is 1. The number of piperidine rings is 1. The fraction of sp³-hybridized carbons (Fsp3) is 0.667. The second-order valence-corrected chi connectivity index (χ2v) is 8.41. The molecule has 1 aliphatic rings. The van der Waals surface area contributed by atoms with Crippen molar-refractivity contribution in [3.8, 4) is 0 Å². The molecule has 1 fully saturated rings. The smallest absolute Gasteiger partial charge is 0.451 e. The third-order valence-electron chi connectivity index (χ3n) is 5.99. The van der Waals surface area contributed by atoms with Crippen LogP contribution in [0, 0.1) is 12.8 Å². The van der Waals surface area contributed by atoms with Crippen LogP contribution in [0.2, 0.25) is 6.32 Å². The third-order valence-corrected chi connectivity index (χ3v) is 5.99. The molecule has 156 valence electrons. The lowest BCUT2D eigenvalue weighted by Gasteiger charge is -2.34. The van der Waals surface area contributed by atoms with Crippen molar-refractivity contribution >= 4 is 13.1 Å². The highest BCUT2D eigenvalue weighted by molar-refractivity contribution is 6.40. The van der Waals surface area contributed by atoms with Crippen molar-refractivity contribution in [3.05, 3.63) is 35.4 Å². The van der Waals surface area contributed by atoms with E-state index in [0.29, 0.717) is 38.1 Å². The van der Waals surface area contributed by atoms with E-state index in [-0.39, 0.29) is 6.32 Å². The zero-order valence-electron chi connectivity index (χ0n) is 17.0. The Balaban J connectivity index is 1.72. The Morgan fingerprint density at radius 3 is 2.39 bits per heavy atom. The molecule has 0 saturated carbocycles. The van der Waals surface area contributed by atoms with Gasteiger partial charge < -0.3 is 25.8 Å². The summed E-state index contributed by atoms with van der Waals surface area (Å²) < 4.78 is 0. The number of hydrogen-bond donors (Lipinski definition) is 4. The van der Waals surface area contributed by atoms with Crippen molar-refractivity contribution in [2.45, 2.75) is 63.7 Å². The summed E-state index contributed by atoms with van der Waals surface area (Å²) in [5, 5.41) is 27.3. The summed E-state index contributed by atoms with van der Waals surface area (Å²) in [5.74, 6) is -0.280. The minimum Gasteiger partial charge on any atom is -0.480 e. The van der Waals surface area contributed by atoms with Gasteiger partial charge in [0.15, 0.2) is 0 Å². The predicted molar refractivity (Wildman–Crippen MR) is 112 cm³/mol. The number of carboxylic acids is 1. The predicted octanol–water partition coefficient (Wildman–Crippen LogP) is 2.06. The maximum atomic E-state index is 11.7. The van der Waals surface area contributed by atoms with E-state index in [2.05, 4.69) is 36.1 Å². The normalized spacial score (nSPS) is 18.0. The van der Waals surface area contributed by atoms with Gasteiger partial charge in [-0.1, -0.05) is 42.7 Å². The highest BCUT2D eigenvalue weighted by Crippen LogP contribution is 2.24. The minimum atomic E-state index is -1.33. The Bertz CT molecular complexity index is 603. The van der Waals surface area contributed by atoms with Gasteiger partial charge in [0, 0.05) is 6.54 Å². The van der Waals surface area contributed by atoms with Crippen LogP contribution in [0.15, 0.2) is 24.3 Å². The molecule has 1 heterocycles. The fourth-order valence-electron chi connectivity index (χ4n) is 3.94. The molecule has 0 aliphatic carbocycles. The lowest BCUT2D eigenvalue weighted by Crippen LogP contribution is -2.50. The number of nitrogens with zero attached hydrogens (tertiary/aromatic N) is 1. The molecule has 1 aromatic rings. The van der Waals surface area contributed by atoms with Crippen molar-refractivity contribution < 1.29 is 19.9 Å². The fourth-order valence-corrected chi connectivity index (χ4v) is 3.94. The molecule has 1 atom stereocenters. The monoisotopic (exact) mass is 390 g/mol. The number of nitrogens with two attached hydrogens (primary N) is 1. The van der Waals surface area contributed by atoms with Gasteiger partial charge >= 0.3 is 13.1 Å².